The molecule has 180 valence electrons. The number of rotatable bonds is 9. The first-order valence-corrected chi connectivity index (χ1v) is 12.6. The van der Waals surface area contributed by atoms with E-state index >= 15 is 0 Å². The highest BCUT2D eigenvalue weighted by molar-refractivity contribution is 9.09. The monoisotopic (exact) mass is 521 g/mol. The molecule has 4 rings (SSSR count). The summed E-state index contributed by atoms with van der Waals surface area (Å²) in [4.78, 5) is 41.6. The first kappa shape index (κ1) is 24.2. The second-order valence-electron chi connectivity index (χ2n) is 9.29. The zero-order valence-corrected chi connectivity index (χ0v) is 20.6. The summed E-state index contributed by atoms with van der Waals surface area (Å²) in [7, 11) is 0. The van der Waals surface area contributed by atoms with E-state index in [4.69, 9.17) is 4.74 Å². The van der Waals surface area contributed by atoms with Crippen molar-refractivity contribution in [2.45, 2.75) is 68.3 Å². The SMILES string of the molecule is CCCCNC(=O)C1N([C@H](C)CO)C(=O)[C@@H]2[C@H](C(=O)NCc3ccccc3)[C@H]3OC12CC3Br. The highest BCUT2D eigenvalue weighted by Gasteiger charge is 2.76. The standard InChI is InChI=1S/C24H32BrN3O5/c1-3-4-10-26-22(31)20-24-11-16(25)19(33-24)17(18(24)23(32)28(20)14(2)13-29)21(30)27-12-15-8-6-5-7-9-15/h5-9,14,16-20,29H,3-4,10-13H2,1-2H3,(H,26,31)(H,27,30)/t14-,16?,17+,18+,19+,20?,24?/m1/s1. The maximum absolute atomic E-state index is 13.7. The Labute approximate surface area is 202 Å². The Bertz CT molecular complexity index is 899. The van der Waals surface area contributed by atoms with Crippen LogP contribution < -0.4 is 10.6 Å². The fraction of sp³-hybridized carbons (Fsp3) is 0.625. The molecular formula is C24H32BrN3O5. The molecule has 3 saturated heterocycles. The number of carbonyl (C=O) groups excluding carboxylic acids is 3. The number of unbranched alkanes of at least 4 members (excludes halogenated alkanes) is 1. The summed E-state index contributed by atoms with van der Waals surface area (Å²) in [5, 5.41) is 15.7. The molecular weight excluding hydrogens is 490 g/mol. The Kier molecular flexibility index (Phi) is 7.12. The van der Waals surface area contributed by atoms with Crippen molar-refractivity contribution in [1.29, 1.82) is 0 Å². The molecule has 7 atom stereocenters. The van der Waals surface area contributed by atoms with Gasteiger partial charge < -0.3 is 25.4 Å². The van der Waals surface area contributed by atoms with Crippen molar-refractivity contribution in [1.82, 2.24) is 15.5 Å². The number of nitrogens with one attached hydrogen (secondary N) is 2. The number of carbonyl (C=O) groups is 3. The first-order valence-electron chi connectivity index (χ1n) is 11.7. The molecule has 8 nitrogen and oxygen atoms in total. The molecule has 0 saturated carbocycles. The predicted octanol–water partition coefficient (Wildman–Crippen LogP) is 1.35. The van der Waals surface area contributed by atoms with Gasteiger partial charge in [-0.15, -0.1) is 0 Å². The van der Waals surface area contributed by atoms with E-state index in [1.807, 2.05) is 37.3 Å². The highest BCUT2D eigenvalue weighted by Crippen LogP contribution is 2.60. The van der Waals surface area contributed by atoms with Gasteiger partial charge in [-0.3, -0.25) is 14.4 Å². The zero-order chi connectivity index (χ0) is 23.8. The summed E-state index contributed by atoms with van der Waals surface area (Å²) in [6.07, 6.45) is 1.72. The number of ether oxygens (including phenoxy) is 1. The van der Waals surface area contributed by atoms with Crippen LogP contribution in [0, 0.1) is 11.8 Å². The third-order valence-electron chi connectivity index (χ3n) is 7.16. The van der Waals surface area contributed by atoms with E-state index in [0.29, 0.717) is 19.5 Å². The number of amides is 3. The van der Waals surface area contributed by atoms with Crippen LogP contribution >= 0.6 is 15.9 Å². The molecule has 3 amide bonds. The van der Waals surface area contributed by atoms with Gasteiger partial charge in [-0.05, 0) is 25.3 Å². The number of alkyl halides is 1. The number of halogens is 1. The molecule has 0 aromatic heterocycles. The van der Waals surface area contributed by atoms with Gasteiger partial charge in [0.2, 0.25) is 17.7 Å². The number of hydrogen-bond acceptors (Lipinski definition) is 5. The van der Waals surface area contributed by atoms with Crippen LogP contribution in [0.5, 0.6) is 0 Å². The Morgan fingerprint density at radius 3 is 2.67 bits per heavy atom. The Morgan fingerprint density at radius 2 is 2.00 bits per heavy atom. The predicted molar refractivity (Wildman–Crippen MR) is 125 cm³/mol. The number of nitrogens with zero attached hydrogens (tertiary/aromatic N) is 1. The fourth-order valence-electron chi connectivity index (χ4n) is 5.62. The molecule has 2 bridgehead atoms. The molecule has 3 aliphatic rings. The maximum atomic E-state index is 13.7. The molecule has 1 aromatic rings. The summed E-state index contributed by atoms with van der Waals surface area (Å²) >= 11 is 3.65. The number of fused-ring (bicyclic) bond motifs is 1. The Balaban J connectivity index is 1.62. The van der Waals surface area contributed by atoms with Crippen molar-refractivity contribution in [2.75, 3.05) is 13.2 Å². The number of benzene rings is 1. The molecule has 3 heterocycles. The maximum Gasteiger partial charge on any atom is 0.245 e. The lowest BCUT2D eigenvalue weighted by Gasteiger charge is -2.35. The van der Waals surface area contributed by atoms with Gasteiger partial charge in [-0.1, -0.05) is 59.6 Å². The quantitative estimate of drug-likeness (QED) is 0.335. The molecule has 0 aliphatic carbocycles. The summed E-state index contributed by atoms with van der Waals surface area (Å²) in [6, 6.07) is 8.12. The molecule has 1 aromatic carbocycles. The number of hydrogen-bond donors (Lipinski definition) is 3. The van der Waals surface area contributed by atoms with E-state index in [-0.39, 0.29) is 29.2 Å². The number of aliphatic hydroxyl groups excluding tert-OH is 1. The average Bonchev–Trinajstić information content (AvgIpc) is 3.41. The van der Waals surface area contributed by atoms with Gasteiger partial charge >= 0.3 is 0 Å². The van der Waals surface area contributed by atoms with Crippen molar-refractivity contribution in [3.8, 4) is 0 Å². The molecule has 1 spiro atoms. The van der Waals surface area contributed by atoms with E-state index in [2.05, 4.69) is 26.6 Å². The molecule has 9 heteroatoms. The van der Waals surface area contributed by atoms with E-state index in [9.17, 15) is 19.5 Å². The van der Waals surface area contributed by atoms with Crippen LogP contribution in [0.4, 0.5) is 0 Å². The van der Waals surface area contributed by atoms with Gasteiger partial charge in [-0.25, -0.2) is 0 Å². The van der Waals surface area contributed by atoms with Crippen LogP contribution in [-0.2, 0) is 25.7 Å². The van der Waals surface area contributed by atoms with Crippen LogP contribution in [0.2, 0.25) is 0 Å². The minimum absolute atomic E-state index is 0.149. The second kappa shape index (κ2) is 9.72. The molecule has 3 N–H and O–H groups in total. The van der Waals surface area contributed by atoms with Gasteiger partial charge in [0.15, 0.2) is 0 Å². The normalized spacial score (nSPS) is 33.2. The highest BCUT2D eigenvalue weighted by atomic mass is 79.9. The lowest BCUT2D eigenvalue weighted by atomic mass is 9.70. The Hall–Kier alpha value is -1.97. The van der Waals surface area contributed by atoms with Gasteiger partial charge in [0.1, 0.15) is 11.6 Å². The lowest BCUT2D eigenvalue weighted by molar-refractivity contribution is -0.145. The third kappa shape index (κ3) is 4.08. The summed E-state index contributed by atoms with van der Waals surface area (Å²) < 4.78 is 6.40. The van der Waals surface area contributed by atoms with Crippen molar-refractivity contribution < 1.29 is 24.2 Å². The van der Waals surface area contributed by atoms with Gasteiger partial charge in [0.05, 0.1) is 30.6 Å². The molecule has 0 radical (unpaired) electrons. The van der Waals surface area contributed by atoms with E-state index in [1.54, 1.807) is 6.92 Å². The third-order valence-corrected chi connectivity index (χ3v) is 8.00. The van der Waals surface area contributed by atoms with Crippen molar-refractivity contribution in [2.24, 2.45) is 11.8 Å². The van der Waals surface area contributed by atoms with Gasteiger partial charge in [0.25, 0.3) is 0 Å². The summed E-state index contributed by atoms with van der Waals surface area (Å²) in [5.74, 6) is -2.31. The molecule has 3 aliphatic heterocycles. The van der Waals surface area contributed by atoms with Crippen LogP contribution in [-0.4, -0.2) is 69.5 Å². The molecule has 3 unspecified atom stereocenters. The van der Waals surface area contributed by atoms with Gasteiger partial charge in [0, 0.05) is 17.9 Å². The van der Waals surface area contributed by atoms with Crippen LogP contribution in [0.3, 0.4) is 0 Å². The first-order chi connectivity index (χ1) is 15.9. The summed E-state index contributed by atoms with van der Waals surface area (Å²) in [6.45, 7) is 4.32. The minimum Gasteiger partial charge on any atom is -0.394 e. The van der Waals surface area contributed by atoms with Crippen LogP contribution in [0.25, 0.3) is 0 Å². The van der Waals surface area contributed by atoms with Crippen molar-refractivity contribution in [3.63, 3.8) is 0 Å². The van der Waals surface area contributed by atoms with E-state index in [0.717, 1.165) is 18.4 Å². The van der Waals surface area contributed by atoms with E-state index < -0.39 is 35.6 Å². The van der Waals surface area contributed by atoms with Crippen molar-refractivity contribution >= 4 is 33.7 Å². The van der Waals surface area contributed by atoms with Crippen molar-refractivity contribution in [3.05, 3.63) is 35.9 Å². The molecule has 3 fully saturated rings. The molecule has 33 heavy (non-hydrogen) atoms. The number of aliphatic hydroxyl groups is 1. The topological polar surface area (TPSA) is 108 Å². The van der Waals surface area contributed by atoms with E-state index in [1.165, 1.54) is 4.90 Å². The largest absolute Gasteiger partial charge is 0.394 e. The van der Waals surface area contributed by atoms with Gasteiger partial charge in [-0.2, -0.15) is 0 Å². The van der Waals surface area contributed by atoms with Crippen LogP contribution in [0.15, 0.2) is 30.3 Å². The van der Waals surface area contributed by atoms with Crippen LogP contribution in [0.1, 0.15) is 38.7 Å². The summed E-state index contributed by atoms with van der Waals surface area (Å²) in [5.41, 5.74) is -0.133. The smallest absolute Gasteiger partial charge is 0.245 e. The minimum atomic E-state index is -1.09. The number of likely N-dealkylation sites (tertiary alicyclic amines) is 1. The Morgan fingerprint density at radius 1 is 1.27 bits per heavy atom. The average molecular weight is 522 g/mol. The fourth-order valence-corrected chi connectivity index (χ4v) is 6.56. The lowest BCUT2D eigenvalue weighted by Crippen LogP contribution is -2.57. The zero-order valence-electron chi connectivity index (χ0n) is 19.0. The second-order valence-corrected chi connectivity index (χ2v) is 10.5.